The highest BCUT2D eigenvalue weighted by Crippen LogP contribution is 2.28. The van der Waals surface area contributed by atoms with Crippen LogP contribution in [0.3, 0.4) is 0 Å². The maximum atomic E-state index is 12.9. The smallest absolute Gasteiger partial charge is 0.228 e. The molecule has 2 aliphatic rings. The van der Waals surface area contributed by atoms with E-state index in [0.717, 1.165) is 31.4 Å². The second kappa shape index (κ2) is 7.56. The summed E-state index contributed by atoms with van der Waals surface area (Å²) in [5.41, 5.74) is 0.935. The topological polar surface area (TPSA) is 40.6 Å². The molecule has 5 heteroatoms. The molecule has 0 bridgehead atoms. The highest BCUT2D eigenvalue weighted by Gasteiger charge is 2.38. The van der Waals surface area contributed by atoms with Crippen LogP contribution in [-0.4, -0.2) is 40.7 Å². The van der Waals surface area contributed by atoms with Gasteiger partial charge in [-0.3, -0.25) is 9.59 Å². The summed E-state index contributed by atoms with van der Waals surface area (Å²) < 4.78 is 0. The maximum absolute atomic E-state index is 12.9. The van der Waals surface area contributed by atoms with Crippen molar-refractivity contribution in [2.24, 2.45) is 5.92 Å². The summed E-state index contributed by atoms with van der Waals surface area (Å²) in [5, 5.41) is 0.669. The van der Waals surface area contributed by atoms with Crippen LogP contribution < -0.4 is 0 Å². The van der Waals surface area contributed by atoms with Crippen molar-refractivity contribution in [3.63, 3.8) is 0 Å². The van der Waals surface area contributed by atoms with E-state index < -0.39 is 0 Å². The number of carbonyl (C=O) groups is 2. The molecule has 1 aromatic carbocycles. The zero-order valence-electron chi connectivity index (χ0n) is 14.2. The first-order valence-corrected chi connectivity index (χ1v) is 9.29. The van der Waals surface area contributed by atoms with Crippen LogP contribution in [-0.2, 0) is 16.1 Å². The average molecular weight is 349 g/mol. The lowest BCUT2D eigenvalue weighted by atomic mass is 9.97. The van der Waals surface area contributed by atoms with E-state index in [1.54, 1.807) is 4.90 Å². The number of halogens is 1. The minimum absolute atomic E-state index is 0.0540. The molecule has 2 amide bonds. The van der Waals surface area contributed by atoms with Gasteiger partial charge in [0.05, 0.1) is 5.92 Å². The van der Waals surface area contributed by atoms with E-state index in [-0.39, 0.29) is 17.7 Å². The van der Waals surface area contributed by atoms with Crippen molar-refractivity contribution in [3.05, 3.63) is 34.9 Å². The van der Waals surface area contributed by atoms with Gasteiger partial charge in [-0.05, 0) is 37.3 Å². The van der Waals surface area contributed by atoms with Crippen molar-refractivity contribution in [1.82, 2.24) is 9.80 Å². The Morgan fingerprint density at radius 1 is 1.29 bits per heavy atom. The van der Waals surface area contributed by atoms with Crippen molar-refractivity contribution in [2.45, 2.75) is 51.6 Å². The van der Waals surface area contributed by atoms with Gasteiger partial charge in [0.2, 0.25) is 11.8 Å². The van der Waals surface area contributed by atoms with Crippen LogP contribution in [0.25, 0.3) is 0 Å². The Balaban J connectivity index is 1.65. The van der Waals surface area contributed by atoms with Gasteiger partial charge < -0.3 is 9.80 Å². The fourth-order valence-electron chi connectivity index (χ4n) is 3.87. The molecule has 2 heterocycles. The van der Waals surface area contributed by atoms with Crippen LogP contribution in [0.15, 0.2) is 24.3 Å². The summed E-state index contributed by atoms with van der Waals surface area (Å²) >= 11 is 6.20. The number of nitrogens with zero attached hydrogens (tertiary/aromatic N) is 2. The lowest BCUT2D eigenvalue weighted by Gasteiger charge is -2.36. The van der Waals surface area contributed by atoms with Gasteiger partial charge in [0.1, 0.15) is 0 Å². The fraction of sp³-hybridized carbons (Fsp3) is 0.579. The monoisotopic (exact) mass is 348 g/mol. The lowest BCUT2D eigenvalue weighted by molar-refractivity contribution is -0.139. The summed E-state index contributed by atoms with van der Waals surface area (Å²) in [6, 6.07) is 7.91. The number of rotatable bonds is 4. The summed E-state index contributed by atoms with van der Waals surface area (Å²) in [5.74, 6) is 0.0158. The Labute approximate surface area is 148 Å². The number of benzene rings is 1. The third-order valence-electron chi connectivity index (χ3n) is 5.26. The van der Waals surface area contributed by atoms with Gasteiger partial charge in [-0.15, -0.1) is 0 Å². The van der Waals surface area contributed by atoms with Gasteiger partial charge >= 0.3 is 0 Å². The molecule has 2 fully saturated rings. The number of hydrogen-bond donors (Lipinski definition) is 0. The number of hydrogen-bond acceptors (Lipinski definition) is 2. The fourth-order valence-corrected chi connectivity index (χ4v) is 4.07. The molecular formula is C19H25ClN2O2. The zero-order chi connectivity index (χ0) is 17.1. The van der Waals surface area contributed by atoms with Gasteiger partial charge in [0.25, 0.3) is 0 Å². The average Bonchev–Trinajstić information content (AvgIpc) is 2.97. The van der Waals surface area contributed by atoms with Crippen molar-refractivity contribution >= 4 is 23.4 Å². The molecule has 0 aromatic heterocycles. The molecule has 130 valence electrons. The van der Waals surface area contributed by atoms with E-state index in [4.69, 9.17) is 11.6 Å². The lowest BCUT2D eigenvalue weighted by Crippen LogP contribution is -2.46. The standard InChI is InChI=1S/C19H25ClN2O2/c1-2-16-8-5-6-10-22(16)19(24)15-11-18(23)21(13-15)12-14-7-3-4-9-17(14)20/h3-4,7,9,15-16H,2,5-6,8,10-13H2,1H3. The van der Waals surface area contributed by atoms with Crippen LogP contribution in [0.4, 0.5) is 0 Å². The molecular weight excluding hydrogens is 324 g/mol. The van der Waals surface area contributed by atoms with E-state index in [9.17, 15) is 9.59 Å². The van der Waals surface area contributed by atoms with Crippen molar-refractivity contribution in [2.75, 3.05) is 13.1 Å². The second-order valence-electron chi connectivity index (χ2n) is 6.86. The van der Waals surface area contributed by atoms with Crippen LogP contribution in [0.2, 0.25) is 5.02 Å². The molecule has 2 saturated heterocycles. The third kappa shape index (κ3) is 3.59. The maximum Gasteiger partial charge on any atom is 0.228 e. The summed E-state index contributed by atoms with van der Waals surface area (Å²) in [7, 11) is 0. The SMILES string of the molecule is CCC1CCCCN1C(=O)C1CC(=O)N(Cc2ccccc2Cl)C1. The number of likely N-dealkylation sites (tertiary alicyclic amines) is 2. The first kappa shape index (κ1) is 17.3. The Bertz CT molecular complexity index is 619. The Kier molecular flexibility index (Phi) is 5.44. The summed E-state index contributed by atoms with van der Waals surface area (Å²) in [4.78, 5) is 29.1. The van der Waals surface area contributed by atoms with E-state index in [2.05, 4.69) is 6.92 Å². The number of carbonyl (C=O) groups excluding carboxylic acids is 2. The Hall–Kier alpha value is -1.55. The summed E-state index contributed by atoms with van der Waals surface area (Å²) in [6.07, 6.45) is 4.69. The van der Waals surface area contributed by atoms with E-state index >= 15 is 0 Å². The molecule has 2 aliphatic heterocycles. The highest BCUT2D eigenvalue weighted by atomic mass is 35.5. The van der Waals surface area contributed by atoms with Gasteiger partial charge in [0, 0.05) is 37.1 Å². The molecule has 1 aromatic rings. The predicted molar refractivity (Wildman–Crippen MR) is 94.6 cm³/mol. The predicted octanol–water partition coefficient (Wildman–Crippen LogP) is 3.48. The zero-order valence-corrected chi connectivity index (χ0v) is 15.0. The van der Waals surface area contributed by atoms with Crippen LogP contribution in [0.1, 0.15) is 44.6 Å². The molecule has 0 radical (unpaired) electrons. The molecule has 0 N–H and O–H groups in total. The second-order valence-corrected chi connectivity index (χ2v) is 7.26. The first-order valence-electron chi connectivity index (χ1n) is 8.91. The first-order chi connectivity index (χ1) is 11.6. The molecule has 3 rings (SSSR count). The van der Waals surface area contributed by atoms with E-state index in [0.29, 0.717) is 30.6 Å². The van der Waals surface area contributed by atoms with Gasteiger partial charge in [-0.25, -0.2) is 0 Å². The largest absolute Gasteiger partial charge is 0.339 e. The quantitative estimate of drug-likeness (QED) is 0.835. The molecule has 0 saturated carbocycles. The highest BCUT2D eigenvalue weighted by molar-refractivity contribution is 6.31. The normalized spacial score (nSPS) is 24.5. The van der Waals surface area contributed by atoms with Crippen LogP contribution in [0.5, 0.6) is 0 Å². The number of piperidine rings is 1. The van der Waals surface area contributed by atoms with Crippen molar-refractivity contribution in [3.8, 4) is 0 Å². The van der Waals surface area contributed by atoms with Crippen molar-refractivity contribution < 1.29 is 9.59 Å². The minimum atomic E-state index is -0.202. The molecule has 24 heavy (non-hydrogen) atoms. The molecule has 4 nitrogen and oxygen atoms in total. The van der Waals surface area contributed by atoms with Crippen LogP contribution in [0, 0.1) is 5.92 Å². The van der Waals surface area contributed by atoms with Gasteiger partial charge in [-0.1, -0.05) is 36.7 Å². The minimum Gasteiger partial charge on any atom is -0.339 e. The Morgan fingerprint density at radius 2 is 2.08 bits per heavy atom. The van der Waals surface area contributed by atoms with Crippen molar-refractivity contribution in [1.29, 1.82) is 0 Å². The molecule has 0 aliphatic carbocycles. The van der Waals surface area contributed by atoms with E-state index in [1.807, 2.05) is 29.2 Å². The Morgan fingerprint density at radius 3 is 2.83 bits per heavy atom. The third-order valence-corrected chi connectivity index (χ3v) is 5.63. The molecule has 2 atom stereocenters. The van der Waals surface area contributed by atoms with Gasteiger partial charge in [-0.2, -0.15) is 0 Å². The van der Waals surface area contributed by atoms with Crippen LogP contribution >= 0.6 is 11.6 Å². The van der Waals surface area contributed by atoms with E-state index in [1.165, 1.54) is 6.42 Å². The molecule has 2 unspecified atom stereocenters. The number of amides is 2. The van der Waals surface area contributed by atoms with Gasteiger partial charge in [0.15, 0.2) is 0 Å². The molecule has 0 spiro atoms. The summed E-state index contributed by atoms with van der Waals surface area (Å²) in [6.45, 7) is 3.97.